The predicted octanol–water partition coefficient (Wildman–Crippen LogP) is 1.23. The third-order valence-corrected chi connectivity index (χ3v) is 4.91. The number of amides is 1. The first-order valence-corrected chi connectivity index (χ1v) is 7.93. The molecule has 2 aliphatic rings. The van der Waals surface area contributed by atoms with Gasteiger partial charge < -0.3 is 15.2 Å². The van der Waals surface area contributed by atoms with E-state index in [2.05, 4.69) is 10.3 Å². The molecule has 1 aromatic heterocycles. The highest BCUT2D eigenvalue weighted by Gasteiger charge is 2.29. The molecule has 114 valence electrons. The highest BCUT2D eigenvalue weighted by atomic mass is 16.2. The molecule has 0 bridgehead atoms. The first-order valence-electron chi connectivity index (χ1n) is 7.93. The Morgan fingerprint density at radius 1 is 1.05 bits per heavy atom. The Hall–Kier alpha value is -1.62. The number of nitrogens with zero attached hydrogens (tertiary/aromatic N) is 1. The van der Waals surface area contributed by atoms with Crippen LogP contribution in [-0.4, -0.2) is 42.0 Å². The smallest absolute Gasteiger partial charge is 0.255 e. The second-order valence-corrected chi connectivity index (χ2v) is 6.16. The first kappa shape index (κ1) is 14.3. The SMILES string of the molecule is O=C(c1ccc(=O)[nH]c1)N1CCC(C2CCNCC2)CC1. The minimum atomic E-state index is -0.170. The molecule has 3 rings (SSSR count). The number of carbonyl (C=O) groups excluding carboxylic acids is 1. The monoisotopic (exact) mass is 289 g/mol. The zero-order valence-corrected chi connectivity index (χ0v) is 12.3. The lowest BCUT2D eigenvalue weighted by molar-refractivity contribution is 0.0642. The summed E-state index contributed by atoms with van der Waals surface area (Å²) in [5, 5.41) is 3.41. The Balaban J connectivity index is 1.56. The van der Waals surface area contributed by atoms with E-state index < -0.39 is 0 Å². The van der Waals surface area contributed by atoms with Crippen molar-refractivity contribution >= 4 is 5.91 Å². The van der Waals surface area contributed by atoms with Gasteiger partial charge in [-0.25, -0.2) is 0 Å². The van der Waals surface area contributed by atoms with E-state index in [0.29, 0.717) is 5.56 Å². The van der Waals surface area contributed by atoms with E-state index in [1.165, 1.54) is 25.1 Å². The van der Waals surface area contributed by atoms with Crippen LogP contribution < -0.4 is 10.9 Å². The van der Waals surface area contributed by atoms with Crippen molar-refractivity contribution in [2.45, 2.75) is 25.7 Å². The number of nitrogens with one attached hydrogen (secondary N) is 2. The van der Waals surface area contributed by atoms with Crippen LogP contribution in [-0.2, 0) is 0 Å². The van der Waals surface area contributed by atoms with Crippen molar-refractivity contribution in [3.05, 3.63) is 34.2 Å². The van der Waals surface area contributed by atoms with E-state index in [9.17, 15) is 9.59 Å². The van der Waals surface area contributed by atoms with Gasteiger partial charge in [0, 0.05) is 25.4 Å². The summed E-state index contributed by atoms with van der Waals surface area (Å²) in [5.74, 6) is 1.64. The van der Waals surface area contributed by atoms with Crippen LogP contribution >= 0.6 is 0 Å². The molecule has 0 aliphatic carbocycles. The fraction of sp³-hybridized carbons (Fsp3) is 0.625. The van der Waals surface area contributed by atoms with E-state index in [4.69, 9.17) is 0 Å². The maximum atomic E-state index is 12.4. The average Bonchev–Trinajstić information content (AvgIpc) is 2.56. The van der Waals surface area contributed by atoms with Crippen LogP contribution in [0.3, 0.4) is 0 Å². The lowest BCUT2D eigenvalue weighted by Crippen LogP contribution is -2.42. The van der Waals surface area contributed by atoms with Gasteiger partial charge in [-0.1, -0.05) is 0 Å². The summed E-state index contributed by atoms with van der Waals surface area (Å²) in [6.45, 7) is 3.96. The molecule has 2 fully saturated rings. The van der Waals surface area contributed by atoms with E-state index in [1.54, 1.807) is 6.07 Å². The molecule has 0 spiro atoms. The van der Waals surface area contributed by atoms with Gasteiger partial charge in [-0.3, -0.25) is 9.59 Å². The highest BCUT2D eigenvalue weighted by Crippen LogP contribution is 2.31. The zero-order valence-electron chi connectivity index (χ0n) is 12.3. The number of hydrogen-bond acceptors (Lipinski definition) is 3. The molecule has 21 heavy (non-hydrogen) atoms. The third kappa shape index (κ3) is 3.35. The van der Waals surface area contributed by atoms with Crippen LogP contribution in [0.2, 0.25) is 0 Å². The maximum Gasteiger partial charge on any atom is 0.255 e. The molecular weight excluding hydrogens is 266 g/mol. The summed E-state index contributed by atoms with van der Waals surface area (Å²) < 4.78 is 0. The Morgan fingerprint density at radius 2 is 1.71 bits per heavy atom. The predicted molar refractivity (Wildman–Crippen MR) is 81.3 cm³/mol. The van der Waals surface area contributed by atoms with Gasteiger partial charge in [0.15, 0.2) is 0 Å². The Morgan fingerprint density at radius 3 is 2.33 bits per heavy atom. The van der Waals surface area contributed by atoms with Gasteiger partial charge in [-0.15, -0.1) is 0 Å². The molecule has 2 N–H and O–H groups in total. The molecule has 0 unspecified atom stereocenters. The molecule has 0 atom stereocenters. The van der Waals surface area contributed by atoms with Crippen LogP contribution in [0.25, 0.3) is 0 Å². The summed E-state index contributed by atoms with van der Waals surface area (Å²) in [7, 11) is 0. The van der Waals surface area contributed by atoms with Gasteiger partial charge in [0.2, 0.25) is 5.56 Å². The Bertz CT molecular complexity index is 520. The minimum absolute atomic E-state index is 0.0370. The van der Waals surface area contributed by atoms with Crippen molar-refractivity contribution in [2.24, 2.45) is 11.8 Å². The van der Waals surface area contributed by atoms with Crippen LogP contribution in [0.4, 0.5) is 0 Å². The van der Waals surface area contributed by atoms with Crippen molar-refractivity contribution < 1.29 is 4.79 Å². The number of H-pyrrole nitrogens is 1. The average molecular weight is 289 g/mol. The van der Waals surface area contributed by atoms with Crippen LogP contribution in [0.15, 0.2) is 23.1 Å². The normalized spacial score (nSPS) is 21.4. The van der Waals surface area contributed by atoms with Crippen LogP contribution in [0, 0.1) is 11.8 Å². The summed E-state index contributed by atoms with van der Waals surface area (Å²) >= 11 is 0. The van der Waals surface area contributed by atoms with E-state index in [-0.39, 0.29) is 11.5 Å². The van der Waals surface area contributed by atoms with Crippen LogP contribution in [0.5, 0.6) is 0 Å². The topological polar surface area (TPSA) is 65.2 Å². The number of pyridine rings is 1. The summed E-state index contributed by atoms with van der Waals surface area (Å²) in [6, 6.07) is 3.02. The summed E-state index contributed by atoms with van der Waals surface area (Å²) in [6.07, 6.45) is 6.29. The van der Waals surface area contributed by atoms with E-state index in [0.717, 1.165) is 50.9 Å². The third-order valence-electron chi connectivity index (χ3n) is 4.91. The molecule has 0 aromatic carbocycles. The Labute approximate surface area is 124 Å². The molecule has 5 heteroatoms. The number of aromatic nitrogens is 1. The number of piperidine rings is 2. The van der Waals surface area contributed by atoms with E-state index in [1.807, 2.05) is 4.90 Å². The molecule has 5 nitrogen and oxygen atoms in total. The first-order chi connectivity index (χ1) is 10.2. The van der Waals surface area contributed by atoms with Gasteiger partial charge in [-0.2, -0.15) is 0 Å². The van der Waals surface area contributed by atoms with Crippen molar-refractivity contribution in [1.29, 1.82) is 0 Å². The molecule has 2 aliphatic heterocycles. The van der Waals surface area contributed by atoms with Crippen molar-refractivity contribution in [2.75, 3.05) is 26.2 Å². The number of likely N-dealkylation sites (tertiary alicyclic amines) is 1. The molecule has 1 amide bonds. The minimum Gasteiger partial charge on any atom is -0.339 e. The summed E-state index contributed by atoms with van der Waals surface area (Å²) in [4.78, 5) is 27.9. The molecule has 0 radical (unpaired) electrons. The number of rotatable bonds is 2. The number of carbonyl (C=O) groups is 1. The van der Waals surface area contributed by atoms with Crippen molar-refractivity contribution in [1.82, 2.24) is 15.2 Å². The quantitative estimate of drug-likeness (QED) is 0.860. The molecule has 3 heterocycles. The van der Waals surface area contributed by atoms with Crippen molar-refractivity contribution in [3.63, 3.8) is 0 Å². The van der Waals surface area contributed by atoms with Crippen LogP contribution in [0.1, 0.15) is 36.0 Å². The fourth-order valence-electron chi connectivity index (χ4n) is 3.62. The van der Waals surface area contributed by atoms with Gasteiger partial charge in [0.25, 0.3) is 5.91 Å². The molecule has 2 saturated heterocycles. The largest absolute Gasteiger partial charge is 0.339 e. The lowest BCUT2D eigenvalue weighted by atomic mass is 9.79. The molecular formula is C16H23N3O2. The number of aromatic amines is 1. The van der Waals surface area contributed by atoms with Gasteiger partial charge in [-0.05, 0) is 56.7 Å². The molecule has 1 aromatic rings. The van der Waals surface area contributed by atoms with Gasteiger partial charge in [0.05, 0.1) is 5.56 Å². The van der Waals surface area contributed by atoms with E-state index >= 15 is 0 Å². The second kappa shape index (κ2) is 6.43. The van der Waals surface area contributed by atoms with Crippen molar-refractivity contribution in [3.8, 4) is 0 Å². The maximum absolute atomic E-state index is 12.4. The zero-order chi connectivity index (χ0) is 14.7. The number of hydrogen-bond donors (Lipinski definition) is 2. The fourth-order valence-corrected chi connectivity index (χ4v) is 3.62. The standard InChI is InChI=1S/C16H23N3O2/c20-15-2-1-14(11-18-15)16(21)19-9-5-13(6-10-19)12-3-7-17-8-4-12/h1-2,11-13,17H,3-10H2,(H,18,20). The van der Waals surface area contributed by atoms with Gasteiger partial charge >= 0.3 is 0 Å². The second-order valence-electron chi connectivity index (χ2n) is 6.16. The highest BCUT2D eigenvalue weighted by molar-refractivity contribution is 5.93. The summed E-state index contributed by atoms with van der Waals surface area (Å²) in [5.41, 5.74) is 0.408. The molecule has 0 saturated carbocycles. The van der Waals surface area contributed by atoms with Gasteiger partial charge in [0.1, 0.15) is 0 Å². The Kier molecular flexibility index (Phi) is 4.39. The lowest BCUT2D eigenvalue weighted by Gasteiger charge is -2.37.